The number of nitrogens with zero attached hydrogens (tertiary/aromatic N) is 2. The molecule has 2 atom stereocenters. The molecule has 2 aliphatic rings. The highest BCUT2D eigenvalue weighted by molar-refractivity contribution is 8.76. The minimum atomic E-state index is -0.547. The number of hydrogen-bond donors (Lipinski definition) is 4. The molecule has 0 aromatic carbocycles. The molecule has 0 aromatic heterocycles. The van der Waals surface area contributed by atoms with Gasteiger partial charge in [-0.1, -0.05) is 21.6 Å². The van der Waals surface area contributed by atoms with Gasteiger partial charge in [-0.15, -0.1) is 49.6 Å². The van der Waals surface area contributed by atoms with Gasteiger partial charge in [-0.3, -0.25) is 9.59 Å². The zero-order valence-electron chi connectivity index (χ0n) is 19.1. The zero-order valence-corrected chi connectivity index (χ0v) is 24.0. The Morgan fingerprint density at radius 1 is 0.781 bits per heavy atom. The summed E-state index contributed by atoms with van der Waals surface area (Å²) in [6.07, 6.45) is 0. The maximum Gasteiger partial charge on any atom is 0.240 e. The van der Waals surface area contributed by atoms with Crippen LogP contribution in [-0.4, -0.2) is 95.5 Å². The summed E-state index contributed by atoms with van der Waals surface area (Å²) in [7, 11) is 3.02. The van der Waals surface area contributed by atoms with E-state index in [-0.39, 0.29) is 72.5 Å². The van der Waals surface area contributed by atoms with Crippen LogP contribution in [0.5, 0.6) is 0 Å². The zero-order chi connectivity index (χ0) is 20.9. The largest absolute Gasteiger partial charge is 0.334 e. The molecule has 2 heterocycles. The first-order chi connectivity index (χ1) is 13.1. The molecule has 2 saturated heterocycles. The van der Waals surface area contributed by atoms with Crippen LogP contribution in [0.25, 0.3) is 0 Å². The summed E-state index contributed by atoms with van der Waals surface area (Å²) in [5.74, 6) is 0.984. The average molecular weight is 579 g/mol. The lowest BCUT2D eigenvalue weighted by molar-refractivity contribution is -0.139. The maximum absolute atomic E-state index is 12.7. The van der Waals surface area contributed by atoms with Gasteiger partial charge >= 0.3 is 0 Å². The van der Waals surface area contributed by atoms with Gasteiger partial charge in [-0.25, -0.2) is 0 Å². The molecule has 0 aromatic rings. The monoisotopic (exact) mass is 576 g/mol. The first kappa shape index (κ1) is 37.2. The molecule has 2 amide bonds. The number of nitrogens with one attached hydrogen (secondary N) is 2. The molecule has 8 nitrogen and oxygen atoms in total. The van der Waals surface area contributed by atoms with Crippen LogP contribution in [0.4, 0.5) is 0 Å². The number of hydrogen-bond acceptors (Lipinski definition) is 8. The van der Waals surface area contributed by atoms with Gasteiger partial charge in [-0.2, -0.15) is 0 Å². The van der Waals surface area contributed by atoms with Crippen molar-refractivity contribution in [3.63, 3.8) is 0 Å². The topological polar surface area (TPSA) is 117 Å². The third-order valence-electron chi connectivity index (χ3n) is 5.35. The number of carbonyl (C=O) groups excluding carboxylic acids is 2. The van der Waals surface area contributed by atoms with Crippen molar-refractivity contribution in [3.8, 4) is 0 Å². The second-order valence-electron chi connectivity index (χ2n) is 8.74. The summed E-state index contributed by atoms with van der Waals surface area (Å²) in [4.78, 5) is 29.1. The fourth-order valence-electron chi connectivity index (χ4n) is 3.57. The number of halogens is 4. The quantitative estimate of drug-likeness (QED) is 0.263. The molecule has 14 heteroatoms. The van der Waals surface area contributed by atoms with Gasteiger partial charge in [0.05, 0.1) is 12.1 Å². The van der Waals surface area contributed by atoms with Gasteiger partial charge in [0.15, 0.2) is 0 Å². The van der Waals surface area contributed by atoms with Gasteiger partial charge < -0.3 is 31.9 Å². The highest BCUT2D eigenvalue weighted by Crippen LogP contribution is 2.25. The Balaban J connectivity index is -0.00000210. The first-order valence-electron chi connectivity index (χ1n) is 9.86. The van der Waals surface area contributed by atoms with E-state index in [1.165, 1.54) is 21.6 Å². The Labute approximate surface area is 225 Å². The Bertz CT molecular complexity index is 530. The number of rotatable bonds is 7. The van der Waals surface area contributed by atoms with Crippen LogP contribution in [0.3, 0.4) is 0 Å². The molecule has 32 heavy (non-hydrogen) atoms. The van der Waals surface area contributed by atoms with E-state index in [4.69, 9.17) is 11.5 Å². The molecule has 6 N–H and O–H groups in total. The summed E-state index contributed by atoms with van der Waals surface area (Å²) in [6, 6.07) is -1.09. The van der Waals surface area contributed by atoms with E-state index >= 15 is 0 Å². The van der Waals surface area contributed by atoms with Crippen LogP contribution in [0, 0.1) is 0 Å². The SMILES string of the molecule is CC1(C)CNCCN1C(=O)C(N)CSSCC(N)C(=O)N1CCNCC1(C)C.Cl.Cl.Cl.Cl. The molecule has 2 rings (SSSR count). The molecule has 2 unspecified atom stereocenters. The van der Waals surface area contributed by atoms with Crippen molar-refractivity contribution in [2.45, 2.75) is 50.9 Å². The molecule has 0 aliphatic carbocycles. The number of amides is 2. The molecule has 0 bridgehead atoms. The van der Waals surface area contributed by atoms with Crippen LogP contribution in [0.15, 0.2) is 0 Å². The average Bonchev–Trinajstić information content (AvgIpc) is 2.63. The van der Waals surface area contributed by atoms with Crippen LogP contribution in [0.1, 0.15) is 27.7 Å². The van der Waals surface area contributed by atoms with E-state index in [9.17, 15) is 9.59 Å². The second kappa shape index (κ2) is 16.3. The molecular weight excluding hydrogens is 538 g/mol. The highest BCUT2D eigenvalue weighted by atomic mass is 35.5. The van der Waals surface area contributed by atoms with Gasteiger partial charge in [-0.05, 0) is 27.7 Å². The Morgan fingerprint density at radius 2 is 1.09 bits per heavy atom. The lowest BCUT2D eigenvalue weighted by Crippen LogP contribution is -2.63. The maximum atomic E-state index is 12.7. The Kier molecular flexibility index (Phi) is 19.0. The van der Waals surface area contributed by atoms with E-state index < -0.39 is 12.1 Å². The molecule has 194 valence electrons. The first-order valence-corrected chi connectivity index (χ1v) is 12.3. The van der Waals surface area contributed by atoms with Gasteiger partial charge in [0, 0.05) is 61.9 Å². The number of carbonyl (C=O) groups is 2. The van der Waals surface area contributed by atoms with E-state index in [0.717, 1.165) is 26.2 Å². The van der Waals surface area contributed by atoms with Crippen molar-refractivity contribution < 1.29 is 9.59 Å². The van der Waals surface area contributed by atoms with Crippen LogP contribution in [0.2, 0.25) is 0 Å². The Morgan fingerprint density at radius 3 is 1.38 bits per heavy atom. The Hall–Kier alpha value is 0.640. The summed E-state index contributed by atoms with van der Waals surface area (Å²) >= 11 is 0. The third-order valence-corrected chi connectivity index (χ3v) is 7.82. The molecule has 2 aliphatic heterocycles. The van der Waals surface area contributed by atoms with Crippen molar-refractivity contribution in [1.29, 1.82) is 0 Å². The van der Waals surface area contributed by atoms with Crippen molar-refractivity contribution in [1.82, 2.24) is 20.4 Å². The molecule has 2 fully saturated rings. The van der Waals surface area contributed by atoms with Crippen molar-refractivity contribution in [2.75, 3.05) is 50.8 Å². The fourth-order valence-corrected chi connectivity index (χ4v) is 5.80. The highest BCUT2D eigenvalue weighted by Gasteiger charge is 2.36. The third kappa shape index (κ3) is 10.1. The predicted octanol–water partition coefficient (Wildman–Crippen LogP) is 1.13. The van der Waals surface area contributed by atoms with Gasteiger partial charge in [0.2, 0.25) is 11.8 Å². The van der Waals surface area contributed by atoms with Crippen molar-refractivity contribution in [3.05, 3.63) is 0 Å². The standard InChI is InChI=1S/C18H36N6O2S2.4ClH/c1-17(2)11-21-5-7-23(17)15(25)13(19)9-27-28-10-14(20)16(26)24-8-6-22-12-18(24,3)4;;;;/h13-14,21-22H,5-12,19-20H2,1-4H3;4*1H. The lowest BCUT2D eigenvalue weighted by atomic mass is 9.99. The molecular formula is C18H40Cl4N6O2S2. The summed E-state index contributed by atoms with van der Waals surface area (Å²) in [5.41, 5.74) is 11.8. The smallest absolute Gasteiger partial charge is 0.240 e. The summed E-state index contributed by atoms with van der Waals surface area (Å²) in [5, 5.41) is 6.62. The second-order valence-corrected chi connectivity index (χ2v) is 11.3. The van der Waals surface area contributed by atoms with Crippen LogP contribution in [-0.2, 0) is 9.59 Å². The number of nitrogens with two attached hydrogens (primary N) is 2. The lowest BCUT2D eigenvalue weighted by Gasteiger charge is -2.44. The van der Waals surface area contributed by atoms with E-state index in [1.54, 1.807) is 0 Å². The van der Waals surface area contributed by atoms with Crippen LogP contribution < -0.4 is 22.1 Å². The van der Waals surface area contributed by atoms with E-state index in [2.05, 4.69) is 10.6 Å². The fraction of sp³-hybridized carbons (Fsp3) is 0.889. The normalized spacial score (nSPS) is 20.9. The molecule has 0 saturated carbocycles. The summed E-state index contributed by atoms with van der Waals surface area (Å²) in [6.45, 7) is 12.7. The molecule has 0 spiro atoms. The van der Waals surface area contributed by atoms with Crippen LogP contribution >= 0.6 is 71.2 Å². The number of piperazine rings is 2. The van der Waals surface area contributed by atoms with Gasteiger partial charge in [0.1, 0.15) is 0 Å². The summed E-state index contributed by atoms with van der Waals surface area (Å²) < 4.78 is 0. The minimum absolute atomic E-state index is 0. The van der Waals surface area contributed by atoms with Gasteiger partial charge in [0.25, 0.3) is 0 Å². The van der Waals surface area contributed by atoms with Crippen molar-refractivity contribution >= 4 is 83.0 Å². The molecule has 0 radical (unpaired) electrons. The predicted molar refractivity (Wildman–Crippen MR) is 147 cm³/mol. The van der Waals surface area contributed by atoms with E-state index in [1.807, 2.05) is 37.5 Å². The minimum Gasteiger partial charge on any atom is -0.334 e. The van der Waals surface area contributed by atoms with E-state index in [0.29, 0.717) is 24.6 Å². The van der Waals surface area contributed by atoms with Crippen molar-refractivity contribution in [2.24, 2.45) is 11.5 Å².